The summed E-state index contributed by atoms with van der Waals surface area (Å²) in [6, 6.07) is 9.42. The molecule has 1 aromatic carbocycles. The Balaban J connectivity index is 1.64. The highest BCUT2D eigenvalue weighted by Gasteiger charge is 2.33. The number of nitrogens with zero attached hydrogens (tertiary/aromatic N) is 1. The first kappa shape index (κ1) is 21.4. The summed E-state index contributed by atoms with van der Waals surface area (Å²) in [5.41, 5.74) is 2.18. The third-order valence-corrected chi connectivity index (χ3v) is 7.10. The van der Waals surface area contributed by atoms with Crippen LogP contribution in [0.3, 0.4) is 0 Å². The molecule has 8 heteroatoms. The number of aryl methyl sites for hydroxylation is 2. The SMILES string of the molecule is Cc1ccc(OCC(O)CN(Cc2ccc(Br)o2)C2CCS(=O)(=O)C2)c(C)c1. The topological polar surface area (TPSA) is 80.0 Å². The first-order valence-electron chi connectivity index (χ1n) is 9.28. The minimum atomic E-state index is -3.02. The van der Waals surface area contributed by atoms with Crippen molar-refractivity contribution in [3.63, 3.8) is 0 Å². The van der Waals surface area contributed by atoms with Crippen LogP contribution in [0.2, 0.25) is 0 Å². The van der Waals surface area contributed by atoms with Gasteiger partial charge in [-0.15, -0.1) is 0 Å². The fraction of sp³-hybridized carbons (Fsp3) is 0.500. The van der Waals surface area contributed by atoms with Crippen molar-refractivity contribution in [2.24, 2.45) is 0 Å². The van der Waals surface area contributed by atoms with Crippen molar-refractivity contribution in [2.45, 2.75) is 39.0 Å². The second-order valence-corrected chi connectivity index (χ2v) is 10.4. The summed E-state index contributed by atoms with van der Waals surface area (Å²) in [7, 11) is -3.02. The summed E-state index contributed by atoms with van der Waals surface area (Å²) in [4.78, 5) is 1.98. The normalized spacial score (nSPS) is 19.8. The van der Waals surface area contributed by atoms with Crippen LogP contribution < -0.4 is 4.74 Å². The molecular weight excluding hydrogens is 446 g/mol. The molecule has 28 heavy (non-hydrogen) atoms. The summed E-state index contributed by atoms with van der Waals surface area (Å²) in [6.07, 6.45) is -0.183. The third-order valence-electron chi connectivity index (χ3n) is 4.92. The summed E-state index contributed by atoms with van der Waals surface area (Å²) >= 11 is 3.29. The lowest BCUT2D eigenvalue weighted by molar-refractivity contribution is 0.0494. The standard InChI is InChI=1S/C20H26BrNO5S/c1-14-3-5-19(15(2)9-14)26-12-17(23)10-22(11-18-4-6-20(21)27-18)16-7-8-28(24,25)13-16/h3-6,9,16-17,23H,7-8,10-13H2,1-2H3. The molecule has 0 spiro atoms. The Morgan fingerprint density at radius 2 is 2.11 bits per heavy atom. The van der Waals surface area contributed by atoms with E-state index in [-0.39, 0.29) is 24.2 Å². The molecule has 1 N–H and O–H groups in total. The lowest BCUT2D eigenvalue weighted by Crippen LogP contribution is -2.42. The number of benzene rings is 1. The molecule has 2 aromatic rings. The number of aliphatic hydroxyl groups excluding tert-OH is 1. The largest absolute Gasteiger partial charge is 0.491 e. The maximum absolute atomic E-state index is 11.9. The van der Waals surface area contributed by atoms with Gasteiger partial charge >= 0.3 is 0 Å². The quantitative estimate of drug-likeness (QED) is 0.636. The molecule has 0 aliphatic carbocycles. The summed E-state index contributed by atoms with van der Waals surface area (Å²) in [5, 5.41) is 10.5. The van der Waals surface area contributed by atoms with Gasteiger partial charge in [-0.25, -0.2) is 8.42 Å². The molecule has 0 radical (unpaired) electrons. The summed E-state index contributed by atoms with van der Waals surface area (Å²) < 4.78 is 35.8. The highest BCUT2D eigenvalue weighted by molar-refractivity contribution is 9.10. The molecule has 1 fully saturated rings. The first-order chi connectivity index (χ1) is 13.2. The Labute approximate surface area is 174 Å². The predicted octanol–water partition coefficient (Wildman–Crippen LogP) is 3.09. The van der Waals surface area contributed by atoms with E-state index in [1.54, 1.807) is 6.07 Å². The zero-order chi connectivity index (χ0) is 20.3. The predicted molar refractivity (Wildman–Crippen MR) is 111 cm³/mol. The maximum atomic E-state index is 11.9. The number of sulfone groups is 1. The van der Waals surface area contributed by atoms with Gasteiger partial charge in [-0.1, -0.05) is 17.7 Å². The molecule has 3 rings (SSSR count). The average molecular weight is 472 g/mol. The van der Waals surface area contributed by atoms with Gasteiger partial charge in [0, 0.05) is 12.6 Å². The van der Waals surface area contributed by atoms with Crippen LogP contribution in [0.4, 0.5) is 0 Å². The Kier molecular flexibility index (Phi) is 6.85. The molecule has 0 bridgehead atoms. The maximum Gasteiger partial charge on any atom is 0.169 e. The smallest absolute Gasteiger partial charge is 0.169 e. The zero-order valence-corrected chi connectivity index (χ0v) is 18.5. The van der Waals surface area contributed by atoms with Gasteiger partial charge in [0.2, 0.25) is 0 Å². The molecule has 0 saturated carbocycles. The van der Waals surface area contributed by atoms with Crippen LogP contribution in [0.5, 0.6) is 5.75 Å². The van der Waals surface area contributed by atoms with Gasteiger partial charge in [0.05, 0.1) is 18.1 Å². The van der Waals surface area contributed by atoms with Crippen LogP contribution in [0.25, 0.3) is 0 Å². The highest BCUT2D eigenvalue weighted by atomic mass is 79.9. The van der Waals surface area contributed by atoms with Crippen LogP contribution in [0.15, 0.2) is 39.4 Å². The number of hydrogen-bond acceptors (Lipinski definition) is 6. The number of halogens is 1. The molecule has 154 valence electrons. The first-order valence-corrected chi connectivity index (χ1v) is 11.9. The average Bonchev–Trinajstić information content (AvgIpc) is 3.18. The third kappa shape index (κ3) is 5.83. The van der Waals surface area contributed by atoms with Crippen molar-refractivity contribution < 1.29 is 22.7 Å². The molecule has 1 aromatic heterocycles. The van der Waals surface area contributed by atoms with Crippen LogP contribution in [0, 0.1) is 13.8 Å². The molecule has 2 unspecified atom stereocenters. The second-order valence-electron chi connectivity index (χ2n) is 7.43. The minimum Gasteiger partial charge on any atom is -0.491 e. The van der Waals surface area contributed by atoms with Crippen molar-refractivity contribution in [1.29, 1.82) is 0 Å². The van der Waals surface area contributed by atoms with E-state index in [9.17, 15) is 13.5 Å². The van der Waals surface area contributed by atoms with E-state index in [1.807, 2.05) is 43.0 Å². The van der Waals surface area contributed by atoms with Crippen molar-refractivity contribution in [1.82, 2.24) is 4.90 Å². The van der Waals surface area contributed by atoms with Gasteiger partial charge in [0.15, 0.2) is 14.5 Å². The molecule has 2 heterocycles. The molecule has 1 aliphatic heterocycles. The van der Waals surface area contributed by atoms with Crippen molar-refractivity contribution in [3.05, 3.63) is 51.9 Å². The Hall–Kier alpha value is -1.35. The highest BCUT2D eigenvalue weighted by Crippen LogP contribution is 2.23. The van der Waals surface area contributed by atoms with Crippen molar-refractivity contribution >= 4 is 25.8 Å². The molecule has 1 aliphatic rings. The lowest BCUT2D eigenvalue weighted by Gasteiger charge is -2.29. The number of aliphatic hydroxyl groups is 1. The summed E-state index contributed by atoms with van der Waals surface area (Å²) in [6.45, 7) is 4.88. The van der Waals surface area contributed by atoms with Gasteiger partial charge in [-0.05, 0) is 60.0 Å². The van der Waals surface area contributed by atoms with Crippen molar-refractivity contribution in [2.75, 3.05) is 24.7 Å². The summed E-state index contributed by atoms with van der Waals surface area (Å²) in [5.74, 6) is 1.76. The van der Waals surface area contributed by atoms with Crippen LogP contribution in [-0.4, -0.2) is 55.2 Å². The van der Waals surface area contributed by atoms with Gasteiger partial charge in [0.25, 0.3) is 0 Å². The Morgan fingerprint density at radius 1 is 1.32 bits per heavy atom. The van der Waals surface area contributed by atoms with Crippen molar-refractivity contribution in [3.8, 4) is 5.75 Å². The monoisotopic (exact) mass is 471 g/mol. The molecular formula is C20H26BrNO5S. The van der Waals surface area contributed by atoms with E-state index in [0.717, 1.165) is 22.6 Å². The Morgan fingerprint density at radius 3 is 2.71 bits per heavy atom. The van der Waals surface area contributed by atoms with Gasteiger partial charge < -0.3 is 14.3 Å². The number of hydrogen-bond donors (Lipinski definition) is 1. The number of ether oxygens (including phenoxy) is 1. The lowest BCUT2D eigenvalue weighted by atomic mass is 10.1. The van der Waals surface area contributed by atoms with E-state index in [4.69, 9.17) is 9.15 Å². The number of furan rings is 1. The molecule has 1 saturated heterocycles. The molecule has 6 nitrogen and oxygen atoms in total. The number of rotatable bonds is 8. The van der Waals surface area contributed by atoms with E-state index in [2.05, 4.69) is 15.9 Å². The zero-order valence-electron chi connectivity index (χ0n) is 16.1. The van der Waals surface area contributed by atoms with E-state index in [0.29, 0.717) is 24.2 Å². The second kappa shape index (κ2) is 8.98. The fourth-order valence-electron chi connectivity index (χ4n) is 3.51. The van der Waals surface area contributed by atoms with Crippen LogP contribution in [-0.2, 0) is 16.4 Å². The van der Waals surface area contributed by atoms with Gasteiger partial charge in [-0.2, -0.15) is 0 Å². The van der Waals surface area contributed by atoms with E-state index in [1.165, 1.54) is 0 Å². The van der Waals surface area contributed by atoms with Gasteiger partial charge in [-0.3, -0.25) is 4.90 Å². The van der Waals surface area contributed by atoms with Gasteiger partial charge in [0.1, 0.15) is 24.2 Å². The van der Waals surface area contributed by atoms with Crippen LogP contribution in [0.1, 0.15) is 23.3 Å². The fourth-order valence-corrected chi connectivity index (χ4v) is 5.62. The van der Waals surface area contributed by atoms with E-state index < -0.39 is 15.9 Å². The van der Waals surface area contributed by atoms with Crippen LogP contribution >= 0.6 is 15.9 Å². The minimum absolute atomic E-state index is 0.111. The Bertz CT molecular complexity index is 911. The van der Waals surface area contributed by atoms with E-state index >= 15 is 0 Å². The molecule has 0 amide bonds. The molecule has 2 atom stereocenters.